The molecule has 0 spiro atoms. The minimum absolute atomic E-state index is 0.327. The maximum atomic E-state index is 13.8. The lowest BCUT2D eigenvalue weighted by atomic mass is 9.61. The molecule has 0 aliphatic rings. The van der Waals surface area contributed by atoms with Gasteiger partial charge in [-0.3, -0.25) is 4.39 Å². The molecule has 0 aliphatic heterocycles. The summed E-state index contributed by atoms with van der Waals surface area (Å²) in [5, 5.41) is -1.58. The van der Waals surface area contributed by atoms with Gasteiger partial charge in [0, 0.05) is 5.41 Å². The molecule has 0 nitrogen and oxygen atoms in total. The molecule has 0 amide bonds. The van der Waals surface area contributed by atoms with Crippen LogP contribution < -0.4 is 0 Å². The number of rotatable bonds is 3. The summed E-state index contributed by atoms with van der Waals surface area (Å²) in [6, 6.07) is 0. The molecule has 4 heteroatoms. The van der Waals surface area contributed by atoms with Gasteiger partial charge in [-0.2, -0.15) is 0 Å². The van der Waals surface area contributed by atoms with Crippen molar-refractivity contribution >= 4 is 17.1 Å². The smallest absolute Gasteiger partial charge is 0.151 e. The first kappa shape index (κ1) is 12.4. The molecule has 72 valence electrons. The first-order valence-corrected chi connectivity index (χ1v) is 4.80. The van der Waals surface area contributed by atoms with Crippen LogP contribution in [0.4, 0.5) is 8.78 Å². The Morgan fingerprint density at radius 1 is 1.25 bits per heavy atom. The fourth-order valence-corrected chi connectivity index (χ4v) is 1.25. The van der Waals surface area contributed by atoms with Crippen molar-refractivity contribution in [1.29, 1.82) is 0 Å². The SMILES string of the molecule is BC(F)(CC)C(C)(C)C(C)(F)P. The number of hydrogen-bond donors (Lipinski definition) is 0. The van der Waals surface area contributed by atoms with E-state index in [0.717, 1.165) is 0 Å². The Morgan fingerprint density at radius 3 is 1.67 bits per heavy atom. The van der Waals surface area contributed by atoms with Gasteiger partial charge in [0.25, 0.3) is 0 Å². The molecule has 0 fully saturated rings. The van der Waals surface area contributed by atoms with Gasteiger partial charge in [-0.25, -0.2) is 4.39 Å². The van der Waals surface area contributed by atoms with Crippen molar-refractivity contribution in [1.82, 2.24) is 0 Å². The second-order valence-corrected chi connectivity index (χ2v) is 5.34. The third-order valence-electron chi connectivity index (χ3n) is 3.19. The highest BCUT2D eigenvalue weighted by atomic mass is 31.0. The molecular weight excluding hydrogens is 176 g/mol. The highest BCUT2D eigenvalue weighted by Gasteiger charge is 2.50. The quantitative estimate of drug-likeness (QED) is 0.477. The molecule has 0 heterocycles. The summed E-state index contributed by atoms with van der Waals surface area (Å²) in [4.78, 5) is 0. The molecular formula is C8H18BF2P. The molecule has 0 rings (SSSR count). The second-order valence-electron chi connectivity index (χ2n) is 4.25. The van der Waals surface area contributed by atoms with Crippen LogP contribution in [-0.4, -0.2) is 18.8 Å². The minimum atomic E-state index is -1.58. The fourth-order valence-electron chi connectivity index (χ4n) is 0.952. The summed E-state index contributed by atoms with van der Waals surface area (Å²) in [6.45, 7) is 6.36. The van der Waals surface area contributed by atoms with Gasteiger partial charge >= 0.3 is 0 Å². The molecule has 0 aliphatic carbocycles. The first-order chi connectivity index (χ1) is 5.06. The van der Waals surface area contributed by atoms with Crippen molar-refractivity contribution in [2.45, 2.75) is 45.1 Å². The molecule has 0 aromatic heterocycles. The van der Waals surface area contributed by atoms with Crippen LogP contribution in [0.1, 0.15) is 34.1 Å². The molecule has 0 saturated carbocycles. The Bertz CT molecular complexity index is 161. The summed E-state index contributed by atoms with van der Waals surface area (Å²) in [7, 11) is 3.52. The predicted octanol–water partition coefficient (Wildman–Crippen LogP) is 2.28. The third-order valence-corrected chi connectivity index (χ3v) is 3.91. The van der Waals surface area contributed by atoms with Gasteiger partial charge in [0.15, 0.2) is 7.85 Å². The van der Waals surface area contributed by atoms with Crippen LogP contribution in [0.25, 0.3) is 0 Å². The Hall–Kier alpha value is 0.355. The Morgan fingerprint density at radius 2 is 1.58 bits per heavy atom. The molecule has 3 atom stereocenters. The Balaban J connectivity index is 4.85. The zero-order chi connectivity index (χ0) is 10.2. The highest BCUT2D eigenvalue weighted by Crippen LogP contribution is 2.49. The minimum Gasteiger partial charge on any atom is -0.253 e. The predicted molar refractivity (Wildman–Crippen MR) is 55.7 cm³/mol. The summed E-state index contributed by atoms with van der Waals surface area (Å²) in [5.41, 5.74) is -2.46. The first-order valence-electron chi connectivity index (χ1n) is 4.23. The van der Waals surface area contributed by atoms with Crippen LogP contribution in [0.2, 0.25) is 0 Å². The topological polar surface area (TPSA) is 0 Å². The van der Waals surface area contributed by atoms with E-state index in [9.17, 15) is 8.78 Å². The lowest BCUT2D eigenvalue weighted by Gasteiger charge is -2.44. The van der Waals surface area contributed by atoms with E-state index in [-0.39, 0.29) is 0 Å². The average molecular weight is 194 g/mol. The van der Waals surface area contributed by atoms with Crippen molar-refractivity contribution in [3.8, 4) is 0 Å². The van der Waals surface area contributed by atoms with E-state index in [1.807, 2.05) is 0 Å². The van der Waals surface area contributed by atoms with Gasteiger partial charge in [-0.05, 0) is 13.3 Å². The van der Waals surface area contributed by atoms with Crippen LogP contribution in [0.3, 0.4) is 0 Å². The summed E-state index contributed by atoms with van der Waals surface area (Å²) in [5.74, 6) is 0. The van der Waals surface area contributed by atoms with Crippen molar-refractivity contribution in [3.05, 3.63) is 0 Å². The van der Waals surface area contributed by atoms with E-state index < -0.39 is 16.4 Å². The van der Waals surface area contributed by atoms with Gasteiger partial charge in [0.2, 0.25) is 0 Å². The van der Waals surface area contributed by atoms with Crippen LogP contribution in [-0.2, 0) is 0 Å². The molecule has 0 bridgehead atoms. The largest absolute Gasteiger partial charge is 0.253 e. The molecule has 0 saturated heterocycles. The molecule has 0 radical (unpaired) electrons. The fraction of sp³-hybridized carbons (Fsp3) is 1.00. The van der Waals surface area contributed by atoms with Crippen molar-refractivity contribution < 1.29 is 8.78 Å². The summed E-state index contributed by atoms with van der Waals surface area (Å²) in [6.07, 6.45) is 0.327. The standard InChI is InChI=1S/C8H18BF2P/c1-5-8(9,11)6(2,3)7(4,10)12/h5,9,12H2,1-4H3. The van der Waals surface area contributed by atoms with E-state index in [1.165, 1.54) is 14.8 Å². The molecule has 0 N–H and O–H groups in total. The normalized spacial score (nSPS) is 22.9. The summed E-state index contributed by atoms with van der Waals surface area (Å²) < 4.78 is 27.4. The lowest BCUT2D eigenvalue weighted by molar-refractivity contribution is 0.00323. The molecule has 0 aromatic carbocycles. The van der Waals surface area contributed by atoms with Crippen LogP contribution in [0.15, 0.2) is 0 Å². The van der Waals surface area contributed by atoms with Crippen LogP contribution in [0, 0.1) is 5.41 Å². The van der Waals surface area contributed by atoms with Crippen LogP contribution >= 0.6 is 9.24 Å². The van der Waals surface area contributed by atoms with Gasteiger partial charge in [0.1, 0.15) is 5.41 Å². The van der Waals surface area contributed by atoms with E-state index in [2.05, 4.69) is 9.24 Å². The molecule has 12 heavy (non-hydrogen) atoms. The van der Waals surface area contributed by atoms with Gasteiger partial charge in [0.05, 0.1) is 5.57 Å². The maximum Gasteiger partial charge on any atom is 0.151 e. The van der Waals surface area contributed by atoms with Crippen molar-refractivity contribution in [2.75, 3.05) is 0 Å². The Labute approximate surface area is 77.1 Å². The van der Waals surface area contributed by atoms with Crippen LogP contribution in [0.5, 0.6) is 0 Å². The van der Waals surface area contributed by atoms with Crippen molar-refractivity contribution in [2.24, 2.45) is 5.41 Å². The Kier molecular flexibility index (Phi) is 3.35. The summed E-state index contributed by atoms with van der Waals surface area (Å²) >= 11 is 0. The lowest BCUT2D eigenvalue weighted by Crippen LogP contribution is -2.50. The number of halogens is 2. The van der Waals surface area contributed by atoms with Gasteiger partial charge < -0.3 is 0 Å². The number of hydrogen-bond acceptors (Lipinski definition) is 0. The number of alkyl halides is 2. The van der Waals surface area contributed by atoms with E-state index in [1.54, 1.807) is 20.8 Å². The van der Waals surface area contributed by atoms with Gasteiger partial charge in [-0.15, -0.1) is 0 Å². The monoisotopic (exact) mass is 194 g/mol. The van der Waals surface area contributed by atoms with E-state index >= 15 is 0 Å². The van der Waals surface area contributed by atoms with Gasteiger partial charge in [-0.1, -0.05) is 30.0 Å². The molecule has 3 unspecified atom stereocenters. The van der Waals surface area contributed by atoms with E-state index in [0.29, 0.717) is 6.42 Å². The molecule has 0 aromatic rings. The average Bonchev–Trinajstić information content (AvgIpc) is 1.85. The maximum absolute atomic E-state index is 13.8. The van der Waals surface area contributed by atoms with E-state index in [4.69, 9.17) is 0 Å². The van der Waals surface area contributed by atoms with Crippen molar-refractivity contribution in [3.63, 3.8) is 0 Å². The highest BCUT2D eigenvalue weighted by molar-refractivity contribution is 7.18. The second kappa shape index (κ2) is 3.25. The zero-order valence-corrected chi connectivity index (χ0v) is 9.70. The zero-order valence-electron chi connectivity index (χ0n) is 8.54. The third kappa shape index (κ3) is 1.99.